The predicted octanol–water partition coefficient (Wildman–Crippen LogP) is 5.51. The molecule has 0 radical (unpaired) electrons. The number of halogens is 1. The van der Waals surface area contributed by atoms with Crippen molar-refractivity contribution in [2.45, 2.75) is 13.8 Å². The van der Waals surface area contributed by atoms with Gasteiger partial charge in [-0.25, -0.2) is 4.98 Å². The molecule has 0 bridgehead atoms. The van der Waals surface area contributed by atoms with Gasteiger partial charge in [0.05, 0.1) is 5.02 Å². The summed E-state index contributed by atoms with van der Waals surface area (Å²) in [5, 5.41) is 0.669. The van der Waals surface area contributed by atoms with E-state index in [0.29, 0.717) is 5.02 Å². The van der Waals surface area contributed by atoms with Crippen LogP contribution in [-0.2, 0) is 0 Å². The fourth-order valence-electron chi connectivity index (χ4n) is 2.71. The van der Waals surface area contributed by atoms with Crippen molar-refractivity contribution < 1.29 is 4.42 Å². The van der Waals surface area contributed by atoms with Crippen LogP contribution in [0.5, 0.6) is 0 Å². The van der Waals surface area contributed by atoms with Crippen molar-refractivity contribution in [3.05, 3.63) is 59.9 Å². The van der Waals surface area contributed by atoms with E-state index in [1.807, 2.05) is 24.3 Å². The number of hydrogen-bond donors (Lipinski definition) is 0. The van der Waals surface area contributed by atoms with E-state index < -0.39 is 0 Å². The lowest BCUT2D eigenvalue weighted by molar-refractivity contribution is 0.572. The van der Waals surface area contributed by atoms with Crippen molar-refractivity contribution in [2.24, 2.45) is 0 Å². The van der Waals surface area contributed by atoms with Crippen LogP contribution >= 0.6 is 11.6 Å². The number of nitrogens with zero attached hydrogens (tertiary/aromatic N) is 2. The van der Waals surface area contributed by atoms with Crippen LogP contribution in [0.15, 0.2) is 59.3 Å². The third kappa shape index (κ3) is 3.10. The number of benzene rings is 2. The van der Waals surface area contributed by atoms with Crippen LogP contribution in [0.4, 0.5) is 5.69 Å². The SMILES string of the molecule is CCN(CC)c1ccc(-c2ocnc2-c2ccccc2Cl)cc1. The van der Waals surface area contributed by atoms with Gasteiger partial charge in [-0.05, 0) is 44.2 Å². The maximum atomic E-state index is 6.29. The molecule has 0 unspecified atom stereocenters. The fourth-order valence-corrected chi connectivity index (χ4v) is 2.93. The Labute approximate surface area is 141 Å². The summed E-state index contributed by atoms with van der Waals surface area (Å²) >= 11 is 6.29. The van der Waals surface area contributed by atoms with Gasteiger partial charge in [-0.15, -0.1) is 0 Å². The zero-order valence-corrected chi connectivity index (χ0v) is 14.0. The van der Waals surface area contributed by atoms with E-state index in [1.54, 1.807) is 0 Å². The number of anilines is 1. The van der Waals surface area contributed by atoms with Gasteiger partial charge in [0.25, 0.3) is 0 Å². The van der Waals surface area contributed by atoms with Gasteiger partial charge in [-0.2, -0.15) is 0 Å². The Bertz CT molecular complexity index is 776. The first-order valence-electron chi connectivity index (χ1n) is 7.78. The van der Waals surface area contributed by atoms with Gasteiger partial charge in [-0.1, -0.05) is 29.8 Å². The van der Waals surface area contributed by atoms with Crippen molar-refractivity contribution in [1.29, 1.82) is 0 Å². The maximum absolute atomic E-state index is 6.29. The van der Waals surface area contributed by atoms with Gasteiger partial charge in [0.15, 0.2) is 12.2 Å². The molecule has 0 N–H and O–H groups in total. The topological polar surface area (TPSA) is 29.3 Å². The van der Waals surface area contributed by atoms with Crippen LogP contribution in [-0.4, -0.2) is 18.1 Å². The molecule has 23 heavy (non-hydrogen) atoms. The van der Waals surface area contributed by atoms with E-state index in [4.69, 9.17) is 16.0 Å². The number of hydrogen-bond acceptors (Lipinski definition) is 3. The summed E-state index contributed by atoms with van der Waals surface area (Å²) in [5.41, 5.74) is 3.85. The van der Waals surface area contributed by atoms with Crippen LogP contribution in [0.1, 0.15) is 13.8 Å². The monoisotopic (exact) mass is 326 g/mol. The number of rotatable bonds is 5. The Morgan fingerprint density at radius 3 is 2.35 bits per heavy atom. The second-order valence-electron chi connectivity index (χ2n) is 5.23. The van der Waals surface area contributed by atoms with Crippen LogP contribution in [0, 0.1) is 0 Å². The van der Waals surface area contributed by atoms with E-state index in [-0.39, 0.29) is 0 Å². The minimum Gasteiger partial charge on any atom is -0.443 e. The summed E-state index contributed by atoms with van der Waals surface area (Å²) in [5.74, 6) is 0.740. The highest BCUT2D eigenvalue weighted by Crippen LogP contribution is 2.35. The lowest BCUT2D eigenvalue weighted by Gasteiger charge is -2.21. The zero-order valence-electron chi connectivity index (χ0n) is 13.3. The molecule has 3 nitrogen and oxygen atoms in total. The lowest BCUT2D eigenvalue weighted by atomic mass is 10.1. The second kappa shape index (κ2) is 6.88. The smallest absolute Gasteiger partial charge is 0.182 e. The van der Waals surface area contributed by atoms with Crippen LogP contribution in [0.25, 0.3) is 22.6 Å². The minimum absolute atomic E-state index is 0.669. The first kappa shape index (κ1) is 15.6. The molecule has 0 amide bonds. The molecule has 2 aromatic carbocycles. The van der Waals surface area contributed by atoms with Gasteiger partial charge in [0.1, 0.15) is 5.69 Å². The number of oxazole rings is 1. The van der Waals surface area contributed by atoms with Crippen molar-refractivity contribution in [1.82, 2.24) is 4.98 Å². The van der Waals surface area contributed by atoms with Gasteiger partial charge < -0.3 is 9.32 Å². The van der Waals surface area contributed by atoms with Gasteiger partial charge in [0.2, 0.25) is 0 Å². The van der Waals surface area contributed by atoms with E-state index in [1.165, 1.54) is 12.1 Å². The predicted molar refractivity (Wildman–Crippen MR) is 95.9 cm³/mol. The average Bonchev–Trinajstić information content (AvgIpc) is 3.06. The van der Waals surface area contributed by atoms with E-state index >= 15 is 0 Å². The molecule has 1 heterocycles. The summed E-state index contributed by atoms with van der Waals surface area (Å²) in [7, 11) is 0. The molecule has 0 saturated heterocycles. The summed E-state index contributed by atoms with van der Waals surface area (Å²) in [6.07, 6.45) is 1.46. The van der Waals surface area contributed by atoms with Crippen molar-refractivity contribution in [3.8, 4) is 22.6 Å². The summed E-state index contributed by atoms with van der Waals surface area (Å²) < 4.78 is 5.63. The summed E-state index contributed by atoms with van der Waals surface area (Å²) in [6, 6.07) is 16.0. The zero-order chi connectivity index (χ0) is 16.2. The largest absolute Gasteiger partial charge is 0.443 e. The third-order valence-electron chi connectivity index (χ3n) is 3.95. The Morgan fingerprint density at radius 1 is 1.00 bits per heavy atom. The van der Waals surface area contributed by atoms with Crippen molar-refractivity contribution in [3.63, 3.8) is 0 Å². The standard InChI is InChI=1S/C19H19ClN2O/c1-3-22(4-2)15-11-9-14(10-12-15)19-18(21-13-23-19)16-7-5-6-8-17(16)20/h5-13H,3-4H2,1-2H3. The lowest BCUT2D eigenvalue weighted by Crippen LogP contribution is -2.21. The highest BCUT2D eigenvalue weighted by Gasteiger charge is 2.15. The number of aromatic nitrogens is 1. The Morgan fingerprint density at radius 2 is 1.70 bits per heavy atom. The van der Waals surface area contributed by atoms with Gasteiger partial charge in [0, 0.05) is 29.9 Å². The molecule has 0 spiro atoms. The third-order valence-corrected chi connectivity index (χ3v) is 4.28. The maximum Gasteiger partial charge on any atom is 0.182 e. The molecule has 3 rings (SSSR count). The second-order valence-corrected chi connectivity index (χ2v) is 5.64. The van der Waals surface area contributed by atoms with E-state index in [9.17, 15) is 0 Å². The molecule has 0 aliphatic heterocycles. The molecule has 1 aromatic heterocycles. The van der Waals surface area contributed by atoms with Crippen molar-refractivity contribution in [2.75, 3.05) is 18.0 Å². The minimum atomic E-state index is 0.669. The molecular formula is C19H19ClN2O. The van der Waals surface area contributed by atoms with Gasteiger partial charge >= 0.3 is 0 Å². The molecule has 0 aliphatic carbocycles. The molecule has 3 aromatic rings. The van der Waals surface area contributed by atoms with E-state index in [2.05, 4.69) is 48.0 Å². The first-order valence-corrected chi connectivity index (χ1v) is 8.16. The summed E-state index contributed by atoms with van der Waals surface area (Å²) in [4.78, 5) is 6.66. The normalized spacial score (nSPS) is 10.7. The molecule has 0 saturated carbocycles. The molecule has 4 heteroatoms. The first-order chi connectivity index (χ1) is 11.2. The van der Waals surface area contributed by atoms with Gasteiger partial charge in [-0.3, -0.25) is 0 Å². The van der Waals surface area contributed by atoms with Crippen LogP contribution < -0.4 is 4.90 Å². The quantitative estimate of drug-likeness (QED) is 0.619. The van der Waals surface area contributed by atoms with Crippen LogP contribution in [0.3, 0.4) is 0 Å². The Balaban J connectivity index is 1.98. The Hall–Kier alpha value is -2.26. The fraction of sp³-hybridized carbons (Fsp3) is 0.211. The molecule has 118 valence electrons. The summed E-state index contributed by atoms with van der Waals surface area (Å²) in [6.45, 7) is 6.29. The molecular weight excluding hydrogens is 308 g/mol. The average molecular weight is 327 g/mol. The van der Waals surface area contributed by atoms with E-state index in [0.717, 1.165) is 35.7 Å². The molecule has 0 fully saturated rings. The highest BCUT2D eigenvalue weighted by atomic mass is 35.5. The van der Waals surface area contributed by atoms with Crippen molar-refractivity contribution >= 4 is 17.3 Å². The highest BCUT2D eigenvalue weighted by molar-refractivity contribution is 6.33. The molecule has 0 aliphatic rings. The molecule has 0 atom stereocenters. The van der Waals surface area contributed by atoms with Crippen LogP contribution in [0.2, 0.25) is 5.02 Å². The Kier molecular flexibility index (Phi) is 4.68.